The summed E-state index contributed by atoms with van der Waals surface area (Å²) in [4.78, 5) is 2.40. The second-order valence-electron chi connectivity index (χ2n) is 16.9. The summed E-state index contributed by atoms with van der Waals surface area (Å²) in [6.07, 6.45) is 8.03. The lowest BCUT2D eigenvalue weighted by Crippen LogP contribution is -2.17. The maximum atomic E-state index is 2.46. The average Bonchev–Trinajstić information content (AvgIpc) is 3.72. The molecule has 11 aromatic rings. The second kappa shape index (κ2) is 15.9. The van der Waals surface area contributed by atoms with Crippen LogP contribution < -0.4 is 4.90 Å². The van der Waals surface area contributed by atoms with Gasteiger partial charge >= 0.3 is 0 Å². The summed E-state index contributed by atoms with van der Waals surface area (Å²) in [6.45, 7) is 0. The van der Waals surface area contributed by atoms with Crippen molar-refractivity contribution in [2.24, 2.45) is 0 Å². The number of benzene rings is 10. The highest BCUT2D eigenvalue weighted by Gasteiger charge is 2.21. The first-order valence-corrected chi connectivity index (χ1v) is 22.3. The molecule has 1 aliphatic carbocycles. The van der Waals surface area contributed by atoms with Crippen molar-refractivity contribution in [1.82, 2.24) is 4.57 Å². The molecule has 10 aromatic carbocycles. The van der Waals surface area contributed by atoms with Gasteiger partial charge < -0.3 is 9.47 Å². The number of rotatable bonds is 8. The number of fused-ring (bicyclic) bond motifs is 6. The lowest BCUT2D eigenvalue weighted by molar-refractivity contribution is 0.838. The van der Waals surface area contributed by atoms with Gasteiger partial charge in [-0.15, -0.1) is 0 Å². The Morgan fingerprint density at radius 1 is 0.406 bits per heavy atom. The van der Waals surface area contributed by atoms with Crippen molar-refractivity contribution >= 4 is 54.7 Å². The van der Waals surface area contributed by atoms with Gasteiger partial charge in [-0.05, 0) is 122 Å². The van der Waals surface area contributed by atoms with Crippen molar-refractivity contribution in [1.29, 1.82) is 0 Å². The van der Waals surface area contributed by atoms with Gasteiger partial charge in [-0.25, -0.2) is 0 Å². The van der Waals surface area contributed by atoms with E-state index < -0.39 is 0 Å². The number of aromatic nitrogens is 1. The summed E-state index contributed by atoms with van der Waals surface area (Å²) in [5.74, 6) is 0.198. The Hall–Kier alpha value is -8.20. The first-order valence-electron chi connectivity index (χ1n) is 22.3. The molecular formula is C62H44N2. The van der Waals surface area contributed by atoms with Gasteiger partial charge in [0.25, 0.3) is 0 Å². The minimum absolute atomic E-state index is 0.198. The molecule has 2 nitrogen and oxygen atoms in total. The Bertz CT molecular complexity index is 3480. The minimum atomic E-state index is 0.198. The number of anilines is 2. The van der Waals surface area contributed by atoms with Crippen LogP contribution in [0.4, 0.5) is 11.4 Å². The predicted octanol–water partition coefficient (Wildman–Crippen LogP) is 16.9. The van der Waals surface area contributed by atoms with Crippen molar-refractivity contribution in [3.63, 3.8) is 0 Å². The Morgan fingerprint density at radius 2 is 0.984 bits per heavy atom. The Kier molecular flexibility index (Phi) is 9.34. The van der Waals surface area contributed by atoms with Crippen LogP contribution in [0.25, 0.3) is 82.4 Å². The van der Waals surface area contributed by atoms with Crippen LogP contribution in [-0.4, -0.2) is 4.57 Å². The molecule has 302 valence electrons. The number of allylic oxidation sites excluding steroid dienone is 3. The van der Waals surface area contributed by atoms with Gasteiger partial charge in [0.1, 0.15) is 0 Å². The third kappa shape index (κ3) is 6.68. The first kappa shape index (κ1) is 37.6. The number of nitrogens with zero attached hydrogens (tertiary/aromatic N) is 2. The predicted molar refractivity (Wildman–Crippen MR) is 272 cm³/mol. The number of hydrogen-bond acceptors (Lipinski definition) is 1. The quantitative estimate of drug-likeness (QED) is 0.139. The van der Waals surface area contributed by atoms with Gasteiger partial charge in [-0.1, -0.05) is 194 Å². The molecule has 0 saturated heterocycles. The highest BCUT2D eigenvalue weighted by atomic mass is 15.1. The van der Waals surface area contributed by atoms with Gasteiger partial charge in [-0.2, -0.15) is 0 Å². The maximum absolute atomic E-state index is 2.46. The van der Waals surface area contributed by atoms with E-state index in [4.69, 9.17) is 0 Å². The number of para-hydroxylation sites is 1. The van der Waals surface area contributed by atoms with E-state index in [0.717, 1.165) is 23.5 Å². The zero-order valence-corrected chi connectivity index (χ0v) is 35.4. The van der Waals surface area contributed by atoms with Gasteiger partial charge in [-0.3, -0.25) is 0 Å². The molecule has 64 heavy (non-hydrogen) atoms. The van der Waals surface area contributed by atoms with Crippen molar-refractivity contribution in [2.45, 2.75) is 12.3 Å². The van der Waals surface area contributed by atoms with Gasteiger partial charge in [0, 0.05) is 39.4 Å². The van der Waals surface area contributed by atoms with E-state index in [-0.39, 0.29) is 5.92 Å². The zero-order chi connectivity index (χ0) is 42.4. The lowest BCUT2D eigenvalue weighted by atomic mass is 9.88. The molecule has 0 amide bonds. The normalized spacial score (nSPS) is 13.8. The molecule has 12 rings (SSSR count). The van der Waals surface area contributed by atoms with Crippen LogP contribution in [0.15, 0.2) is 254 Å². The SMILES string of the molecule is C1=CC(N(c2ccc(-c3ccccc3)cc2)c2ccc(-c3ccccc3)cc2)=CC(c2cccc(-c3cccc4c3c3ccccc3n4-c3ccc4c(ccc5ccccc54)c3)c2)C1. The highest BCUT2D eigenvalue weighted by Crippen LogP contribution is 2.42. The van der Waals surface area contributed by atoms with E-state index >= 15 is 0 Å². The molecule has 0 aliphatic heterocycles. The van der Waals surface area contributed by atoms with Crippen LogP contribution in [0.5, 0.6) is 0 Å². The highest BCUT2D eigenvalue weighted by molar-refractivity contribution is 6.16. The summed E-state index contributed by atoms with van der Waals surface area (Å²) in [5, 5.41) is 7.60. The molecule has 1 unspecified atom stereocenters. The molecule has 2 heteroatoms. The molecule has 0 bridgehead atoms. The van der Waals surface area contributed by atoms with E-state index in [9.17, 15) is 0 Å². The Labute approximate surface area is 373 Å². The van der Waals surface area contributed by atoms with E-state index in [1.54, 1.807) is 0 Å². The minimum Gasteiger partial charge on any atom is -0.311 e. The van der Waals surface area contributed by atoms with Crippen molar-refractivity contribution in [2.75, 3.05) is 4.90 Å². The maximum Gasteiger partial charge on any atom is 0.0547 e. The van der Waals surface area contributed by atoms with Crippen molar-refractivity contribution in [3.8, 4) is 39.1 Å². The molecule has 1 atom stereocenters. The third-order valence-corrected chi connectivity index (χ3v) is 13.1. The lowest BCUT2D eigenvalue weighted by Gasteiger charge is -2.30. The molecule has 0 N–H and O–H groups in total. The number of hydrogen-bond donors (Lipinski definition) is 0. The molecular weight excluding hydrogens is 773 g/mol. The van der Waals surface area contributed by atoms with Crippen molar-refractivity contribution < 1.29 is 0 Å². The van der Waals surface area contributed by atoms with E-state index in [1.807, 2.05) is 0 Å². The fourth-order valence-corrected chi connectivity index (χ4v) is 9.98. The summed E-state index contributed by atoms with van der Waals surface area (Å²) in [6, 6.07) is 84.2. The fourth-order valence-electron chi connectivity index (χ4n) is 9.98. The van der Waals surface area contributed by atoms with Crippen LogP contribution in [0, 0.1) is 0 Å². The average molecular weight is 817 g/mol. The Morgan fingerprint density at radius 3 is 1.72 bits per heavy atom. The third-order valence-electron chi connectivity index (χ3n) is 13.1. The largest absolute Gasteiger partial charge is 0.311 e. The van der Waals surface area contributed by atoms with Crippen molar-refractivity contribution in [3.05, 3.63) is 260 Å². The smallest absolute Gasteiger partial charge is 0.0547 e. The summed E-state index contributed by atoms with van der Waals surface area (Å²) < 4.78 is 2.45. The standard InChI is InChI=1S/C62H44N2/c1-3-14-43(15-4-1)45-30-34-52(35-31-45)63(53-36-32-46(33-37-53)44-16-5-2-6-17-44)54-22-12-20-49(41-54)48-19-11-21-50(40-48)58-25-13-27-61-62(58)59-24-9-10-26-60(59)64(61)55-38-39-57-51(42-55)29-28-47-18-7-8-23-56(47)57/h1-19,21-42,49H,20H2. The molecule has 0 fully saturated rings. The summed E-state index contributed by atoms with van der Waals surface area (Å²) in [5.41, 5.74) is 15.6. The molecule has 1 aliphatic rings. The fraction of sp³-hybridized carbons (Fsp3) is 0.0323. The molecule has 0 spiro atoms. The zero-order valence-electron chi connectivity index (χ0n) is 35.4. The topological polar surface area (TPSA) is 8.17 Å². The summed E-state index contributed by atoms with van der Waals surface area (Å²) in [7, 11) is 0. The van der Waals surface area contributed by atoms with Crippen LogP contribution in [0.3, 0.4) is 0 Å². The van der Waals surface area contributed by atoms with Crippen LogP contribution in [-0.2, 0) is 0 Å². The van der Waals surface area contributed by atoms with E-state index in [1.165, 1.54) is 88.0 Å². The van der Waals surface area contributed by atoms with Gasteiger partial charge in [0.2, 0.25) is 0 Å². The molecule has 1 aromatic heterocycles. The summed E-state index contributed by atoms with van der Waals surface area (Å²) >= 11 is 0. The Balaban J connectivity index is 0.932. The van der Waals surface area contributed by atoms with Crippen LogP contribution in [0.2, 0.25) is 0 Å². The molecule has 1 heterocycles. The van der Waals surface area contributed by atoms with E-state index in [2.05, 4.69) is 258 Å². The second-order valence-corrected chi connectivity index (χ2v) is 16.9. The van der Waals surface area contributed by atoms with Crippen LogP contribution >= 0.6 is 0 Å². The monoisotopic (exact) mass is 816 g/mol. The molecule has 0 saturated carbocycles. The molecule has 0 radical (unpaired) electrons. The van der Waals surface area contributed by atoms with Crippen LogP contribution in [0.1, 0.15) is 17.9 Å². The first-order chi connectivity index (χ1) is 31.7. The van der Waals surface area contributed by atoms with Gasteiger partial charge in [0.15, 0.2) is 0 Å². The van der Waals surface area contributed by atoms with E-state index in [0.29, 0.717) is 0 Å². The van der Waals surface area contributed by atoms with Gasteiger partial charge in [0.05, 0.1) is 11.0 Å².